The molecule has 2 fully saturated rings. The van der Waals surface area contributed by atoms with Gasteiger partial charge in [0.1, 0.15) is 12.1 Å². The molecule has 1 atom stereocenters. The Morgan fingerprint density at radius 3 is 2.96 bits per heavy atom. The third-order valence-corrected chi connectivity index (χ3v) is 5.44. The number of aromatic amines is 1. The molecule has 0 aliphatic carbocycles. The van der Waals surface area contributed by atoms with Crippen LogP contribution in [0, 0.1) is 0 Å². The van der Waals surface area contributed by atoms with Gasteiger partial charge in [-0.1, -0.05) is 6.92 Å². The number of anilines is 1. The Morgan fingerprint density at radius 1 is 1.30 bits per heavy atom. The zero-order chi connectivity index (χ0) is 18.6. The van der Waals surface area contributed by atoms with E-state index in [-0.39, 0.29) is 11.8 Å². The summed E-state index contributed by atoms with van der Waals surface area (Å²) in [7, 11) is 0. The van der Waals surface area contributed by atoms with E-state index in [1.165, 1.54) is 0 Å². The highest BCUT2D eigenvalue weighted by Gasteiger charge is 2.28. The van der Waals surface area contributed by atoms with Gasteiger partial charge in [-0.3, -0.25) is 9.89 Å². The fourth-order valence-electron chi connectivity index (χ4n) is 3.89. The monoisotopic (exact) mass is 370 g/mol. The van der Waals surface area contributed by atoms with Gasteiger partial charge in [-0.05, 0) is 19.3 Å². The molecule has 1 N–H and O–H groups in total. The summed E-state index contributed by atoms with van der Waals surface area (Å²) in [6, 6.07) is 2.08. The molecule has 0 bridgehead atoms. The van der Waals surface area contributed by atoms with Gasteiger partial charge in [0.05, 0.1) is 30.7 Å². The summed E-state index contributed by atoms with van der Waals surface area (Å²) in [5.74, 6) is 1.25. The van der Waals surface area contributed by atoms with Crippen molar-refractivity contribution in [3.8, 4) is 0 Å². The van der Waals surface area contributed by atoms with Crippen LogP contribution < -0.4 is 4.90 Å². The number of nitrogens with zero attached hydrogens (tertiary/aromatic N) is 5. The van der Waals surface area contributed by atoms with E-state index in [9.17, 15) is 4.79 Å². The molecule has 27 heavy (non-hydrogen) atoms. The minimum absolute atomic E-state index is 0.0627. The molecule has 144 valence electrons. The number of H-pyrrole nitrogens is 1. The Kier molecular flexibility index (Phi) is 5.33. The molecule has 1 amide bonds. The van der Waals surface area contributed by atoms with Gasteiger partial charge in [0.25, 0.3) is 5.91 Å². The summed E-state index contributed by atoms with van der Waals surface area (Å²) < 4.78 is 5.43. The summed E-state index contributed by atoms with van der Waals surface area (Å²) in [6.07, 6.45) is 6.08. The fraction of sp³-hybridized carbons (Fsp3) is 0.579. The van der Waals surface area contributed by atoms with Crippen LogP contribution >= 0.6 is 0 Å². The lowest BCUT2D eigenvalue weighted by molar-refractivity contribution is 0.0705. The van der Waals surface area contributed by atoms with Crippen LogP contribution in [-0.4, -0.2) is 70.4 Å². The van der Waals surface area contributed by atoms with Crippen molar-refractivity contribution in [1.29, 1.82) is 0 Å². The van der Waals surface area contributed by atoms with Crippen LogP contribution in [0.2, 0.25) is 0 Å². The second-order valence-corrected chi connectivity index (χ2v) is 7.11. The predicted octanol–water partition coefficient (Wildman–Crippen LogP) is 1.62. The quantitative estimate of drug-likeness (QED) is 0.880. The minimum Gasteiger partial charge on any atom is -0.378 e. The normalized spacial score (nSPS) is 20.7. The Hall–Kier alpha value is -2.48. The van der Waals surface area contributed by atoms with E-state index in [0.29, 0.717) is 12.1 Å². The van der Waals surface area contributed by atoms with Crippen LogP contribution in [0.3, 0.4) is 0 Å². The molecule has 4 heterocycles. The fourth-order valence-corrected chi connectivity index (χ4v) is 3.89. The number of morpholine rings is 1. The van der Waals surface area contributed by atoms with Crippen molar-refractivity contribution in [3.05, 3.63) is 35.5 Å². The highest BCUT2D eigenvalue weighted by molar-refractivity contribution is 5.95. The number of carbonyl (C=O) groups is 1. The maximum atomic E-state index is 12.9. The van der Waals surface area contributed by atoms with E-state index >= 15 is 0 Å². The minimum atomic E-state index is 0.0627. The number of rotatable bonds is 4. The Morgan fingerprint density at radius 2 is 2.15 bits per heavy atom. The molecule has 0 unspecified atom stereocenters. The first-order chi connectivity index (χ1) is 13.3. The second-order valence-electron chi connectivity index (χ2n) is 7.11. The number of amides is 1. The SMILES string of the molecule is CCc1[nH]ncc1C(=O)N1CCC[C@H](c2cc(N3CCOCC3)ncn2)C1. The molecule has 2 saturated heterocycles. The van der Waals surface area contributed by atoms with Crippen molar-refractivity contribution in [2.45, 2.75) is 32.1 Å². The van der Waals surface area contributed by atoms with Crippen molar-refractivity contribution in [2.24, 2.45) is 0 Å². The Bertz CT molecular complexity index is 786. The van der Waals surface area contributed by atoms with Gasteiger partial charge in [-0.25, -0.2) is 9.97 Å². The lowest BCUT2D eigenvalue weighted by Crippen LogP contribution is -2.40. The van der Waals surface area contributed by atoms with Crippen molar-refractivity contribution >= 4 is 11.7 Å². The number of hydrogen-bond donors (Lipinski definition) is 1. The van der Waals surface area contributed by atoms with E-state index < -0.39 is 0 Å². The van der Waals surface area contributed by atoms with Crippen molar-refractivity contribution < 1.29 is 9.53 Å². The van der Waals surface area contributed by atoms with Gasteiger partial charge >= 0.3 is 0 Å². The molecule has 2 aromatic rings. The van der Waals surface area contributed by atoms with Gasteiger partial charge in [-0.15, -0.1) is 0 Å². The summed E-state index contributed by atoms with van der Waals surface area (Å²) in [4.78, 5) is 26.1. The molecule has 8 nitrogen and oxygen atoms in total. The zero-order valence-electron chi connectivity index (χ0n) is 15.7. The Labute approximate surface area is 158 Å². The topological polar surface area (TPSA) is 87.2 Å². The van der Waals surface area contributed by atoms with Crippen LogP contribution in [0.15, 0.2) is 18.6 Å². The number of likely N-dealkylation sites (tertiary alicyclic amines) is 1. The van der Waals surface area contributed by atoms with Crippen LogP contribution in [0.5, 0.6) is 0 Å². The third-order valence-electron chi connectivity index (χ3n) is 5.44. The summed E-state index contributed by atoms with van der Waals surface area (Å²) >= 11 is 0. The van der Waals surface area contributed by atoms with E-state index in [4.69, 9.17) is 4.74 Å². The summed E-state index contributed by atoms with van der Waals surface area (Å²) in [5.41, 5.74) is 2.61. The number of piperidine rings is 1. The zero-order valence-corrected chi connectivity index (χ0v) is 15.7. The number of nitrogens with one attached hydrogen (secondary N) is 1. The smallest absolute Gasteiger partial charge is 0.257 e. The molecule has 0 aromatic carbocycles. The maximum absolute atomic E-state index is 12.9. The van der Waals surface area contributed by atoms with Crippen molar-refractivity contribution in [2.75, 3.05) is 44.3 Å². The predicted molar refractivity (Wildman–Crippen MR) is 101 cm³/mol. The lowest BCUT2D eigenvalue weighted by Gasteiger charge is -2.33. The van der Waals surface area contributed by atoms with E-state index in [1.807, 2.05) is 11.8 Å². The molecule has 2 aliphatic heterocycles. The Balaban J connectivity index is 1.49. The summed E-state index contributed by atoms with van der Waals surface area (Å²) in [6.45, 7) is 6.66. The van der Waals surface area contributed by atoms with Crippen LogP contribution in [0.1, 0.15) is 47.4 Å². The molecule has 0 spiro atoms. The molecular formula is C19H26N6O2. The van der Waals surface area contributed by atoms with Gasteiger partial charge in [0.15, 0.2) is 0 Å². The van der Waals surface area contributed by atoms with Gasteiger partial charge in [0.2, 0.25) is 0 Å². The van der Waals surface area contributed by atoms with E-state index in [2.05, 4.69) is 31.1 Å². The first kappa shape index (κ1) is 17.9. The average molecular weight is 370 g/mol. The van der Waals surface area contributed by atoms with Crippen LogP contribution in [0.4, 0.5) is 5.82 Å². The van der Waals surface area contributed by atoms with E-state index in [0.717, 1.165) is 69.3 Å². The first-order valence-electron chi connectivity index (χ1n) is 9.72. The molecule has 0 radical (unpaired) electrons. The third kappa shape index (κ3) is 3.80. The summed E-state index contributed by atoms with van der Waals surface area (Å²) in [5, 5.41) is 6.97. The highest BCUT2D eigenvalue weighted by atomic mass is 16.5. The molecule has 4 rings (SSSR count). The second kappa shape index (κ2) is 8.04. The van der Waals surface area contributed by atoms with Crippen molar-refractivity contribution in [3.63, 3.8) is 0 Å². The number of carbonyl (C=O) groups excluding carboxylic acids is 1. The van der Waals surface area contributed by atoms with Crippen LogP contribution in [-0.2, 0) is 11.2 Å². The van der Waals surface area contributed by atoms with Gasteiger partial charge in [0, 0.05) is 43.9 Å². The average Bonchev–Trinajstić information content (AvgIpc) is 3.23. The van der Waals surface area contributed by atoms with Gasteiger partial charge < -0.3 is 14.5 Å². The van der Waals surface area contributed by atoms with Gasteiger partial charge in [-0.2, -0.15) is 5.10 Å². The van der Waals surface area contributed by atoms with Crippen molar-refractivity contribution in [1.82, 2.24) is 25.1 Å². The molecule has 2 aromatic heterocycles. The number of aryl methyl sites for hydroxylation is 1. The molecule has 8 heteroatoms. The van der Waals surface area contributed by atoms with E-state index in [1.54, 1.807) is 12.5 Å². The molecule has 0 saturated carbocycles. The number of hydrogen-bond acceptors (Lipinski definition) is 6. The maximum Gasteiger partial charge on any atom is 0.257 e. The number of aromatic nitrogens is 4. The molecule has 2 aliphatic rings. The lowest BCUT2D eigenvalue weighted by atomic mass is 9.94. The standard InChI is InChI=1S/C19H26N6O2/c1-2-16-15(11-22-23-16)19(26)25-5-3-4-14(12-25)17-10-18(21-13-20-17)24-6-8-27-9-7-24/h10-11,13-14H,2-9,12H2,1H3,(H,22,23)/t14-/m0/s1. The number of ether oxygens (including phenoxy) is 1. The highest BCUT2D eigenvalue weighted by Crippen LogP contribution is 2.28. The van der Waals surface area contributed by atoms with Crippen LogP contribution in [0.25, 0.3) is 0 Å². The molecular weight excluding hydrogens is 344 g/mol. The first-order valence-corrected chi connectivity index (χ1v) is 9.72. The largest absolute Gasteiger partial charge is 0.378 e.